The third kappa shape index (κ3) is 4.84. The largest absolute Gasteiger partial charge is 0.468 e. The van der Waals surface area contributed by atoms with Crippen molar-refractivity contribution in [2.24, 2.45) is 5.92 Å². The summed E-state index contributed by atoms with van der Waals surface area (Å²) >= 11 is 0. The van der Waals surface area contributed by atoms with Crippen LogP contribution in [0.3, 0.4) is 0 Å². The molecule has 0 saturated heterocycles. The Hall–Kier alpha value is -1.06. The number of hydrogen-bond donors (Lipinski definition) is 0. The Balaban J connectivity index is 2.65. The minimum atomic E-state index is -0.317. The van der Waals surface area contributed by atoms with Gasteiger partial charge >= 0.3 is 5.97 Å². The molecule has 0 N–H and O–H groups in total. The fourth-order valence-electron chi connectivity index (χ4n) is 2.72. The van der Waals surface area contributed by atoms with E-state index in [0.717, 1.165) is 44.9 Å². The molecule has 0 radical (unpaired) electrons. The first-order chi connectivity index (χ1) is 9.10. The Labute approximate surface area is 116 Å². The summed E-state index contributed by atoms with van der Waals surface area (Å²) in [5, 5.41) is 0. The predicted octanol–water partition coefficient (Wildman–Crippen LogP) is 2.76. The summed E-state index contributed by atoms with van der Waals surface area (Å²) in [6.07, 6.45) is 7.39. The fraction of sp³-hybridized carbons (Fsp3) is 0.867. The van der Waals surface area contributed by atoms with Crippen LogP contribution in [-0.4, -0.2) is 36.5 Å². The Morgan fingerprint density at radius 1 is 1.32 bits per heavy atom. The minimum Gasteiger partial charge on any atom is -0.468 e. The van der Waals surface area contributed by atoms with E-state index in [9.17, 15) is 9.59 Å². The van der Waals surface area contributed by atoms with Crippen molar-refractivity contribution in [3.8, 4) is 0 Å². The van der Waals surface area contributed by atoms with Crippen LogP contribution in [0.1, 0.15) is 58.8 Å². The summed E-state index contributed by atoms with van der Waals surface area (Å²) in [5.41, 5.74) is 0. The first-order valence-electron chi connectivity index (χ1n) is 7.47. The molecule has 0 bridgehead atoms. The highest BCUT2D eigenvalue weighted by molar-refractivity contribution is 5.83. The smallest absolute Gasteiger partial charge is 0.325 e. The number of unbranched alkanes of at least 4 members (excludes halogenated alkanes) is 1. The lowest BCUT2D eigenvalue weighted by molar-refractivity contribution is -0.150. The number of esters is 1. The SMILES string of the molecule is CCCCC(C)C(=O)N(CC(=O)OC)C1CCCC1. The maximum Gasteiger partial charge on any atom is 0.325 e. The monoisotopic (exact) mass is 269 g/mol. The second-order valence-corrected chi connectivity index (χ2v) is 5.52. The molecule has 1 saturated carbocycles. The number of carbonyl (C=O) groups excluding carboxylic acids is 2. The topological polar surface area (TPSA) is 46.6 Å². The van der Waals surface area contributed by atoms with Gasteiger partial charge in [0, 0.05) is 12.0 Å². The number of nitrogens with zero attached hydrogens (tertiary/aromatic N) is 1. The van der Waals surface area contributed by atoms with Gasteiger partial charge in [-0.25, -0.2) is 0 Å². The predicted molar refractivity (Wildman–Crippen MR) is 74.7 cm³/mol. The molecule has 0 heterocycles. The number of ether oxygens (including phenoxy) is 1. The van der Waals surface area contributed by atoms with Crippen LogP contribution in [0.5, 0.6) is 0 Å². The molecule has 4 heteroatoms. The van der Waals surface area contributed by atoms with Gasteiger partial charge in [-0.05, 0) is 19.3 Å². The number of hydrogen-bond acceptors (Lipinski definition) is 3. The van der Waals surface area contributed by atoms with Crippen molar-refractivity contribution in [1.82, 2.24) is 4.90 Å². The van der Waals surface area contributed by atoms with E-state index in [1.54, 1.807) is 4.90 Å². The van der Waals surface area contributed by atoms with Crippen LogP contribution >= 0.6 is 0 Å². The molecule has 0 aromatic heterocycles. The van der Waals surface area contributed by atoms with Gasteiger partial charge < -0.3 is 9.64 Å². The zero-order valence-corrected chi connectivity index (χ0v) is 12.5. The summed E-state index contributed by atoms with van der Waals surface area (Å²) in [4.78, 5) is 25.8. The van der Waals surface area contributed by atoms with E-state index < -0.39 is 0 Å². The maximum atomic E-state index is 12.5. The van der Waals surface area contributed by atoms with Crippen LogP contribution < -0.4 is 0 Å². The van der Waals surface area contributed by atoms with Gasteiger partial charge in [0.25, 0.3) is 0 Å². The number of rotatable bonds is 7. The molecular formula is C15H27NO3. The van der Waals surface area contributed by atoms with Crippen LogP contribution in [0.2, 0.25) is 0 Å². The van der Waals surface area contributed by atoms with Crippen molar-refractivity contribution in [3.05, 3.63) is 0 Å². The van der Waals surface area contributed by atoms with Gasteiger partial charge in [-0.1, -0.05) is 39.5 Å². The molecule has 1 aliphatic rings. The lowest BCUT2D eigenvalue weighted by Crippen LogP contribution is -2.45. The van der Waals surface area contributed by atoms with Gasteiger partial charge in [-0.2, -0.15) is 0 Å². The van der Waals surface area contributed by atoms with Crippen LogP contribution in [-0.2, 0) is 14.3 Å². The van der Waals surface area contributed by atoms with Crippen molar-refractivity contribution in [1.29, 1.82) is 0 Å². The van der Waals surface area contributed by atoms with Crippen LogP contribution in [0.4, 0.5) is 0 Å². The molecule has 0 aliphatic heterocycles. The van der Waals surface area contributed by atoms with E-state index in [2.05, 4.69) is 6.92 Å². The van der Waals surface area contributed by atoms with Gasteiger partial charge in [-0.15, -0.1) is 0 Å². The highest BCUT2D eigenvalue weighted by Gasteiger charge is 2.30. The van der Waals surface area contributed by atoms with Crippen LogP contribution in [0.15, 0.2) is 0 Å². The summed E-state index contributed by atoms with van der Waals surface area (Å²) in [6.45, 7) is 4.20. The quantitative estimate of drug-likeness (QED) is 0.668. The van der Waals surface area contributed by atoms with E-state index in [-0.39, 0.29) is 30.4 Å². The molecule has 0 spiro atoms. The Kier molecular flexibility index (Phi) is 6.89. The summed E-state index contributed by atoms with van der Waals surface area (Å²) in [5.74, 6) is -0.195. The lowest BCUT2D eigenvalue weighted by atomic mass is 10.0. The molecule has 1 amide bonds. The first-order valence-corrected chi connectivity index (χ1v) is 7.47. The van der Waals surface area contributed by atoms with Crippen molar-refractivity contribution >= 4 is 11.9 Å². The molecule has 19 heavy (non-hydrogen) atoms. The van der Waals surface area contributed by atoms with Crippen LogP contribution in [0, 0.1) is 5.92 Å². The average molecular weight is 269 g/mol. The van der Waals surface area contributed by atoms with E-state index in [0.29, 0.717) is 0 Å². The summed E-state index contributed by atoms with van der Waals surface area (Å²) in [7, 11) is 1.38. The molecule has 1 atom stereocenters. The van der Waals surface area contributed by atoms with Gasteiger partial charge in [-0.3, -0.25) is 9.59 Å². The zero-order chi connectivity index (χ0) is 14.3. The van der Waals surface area contributed by atoms with Crippen molar-refractivity contribution in [2.45, 2.75) is 64.8 Å². The molecule has 0 aromatic carbocycles. The van der Waals surface area contributed by atoms with Crippen LogP contribution in [0.25, 0.3) is 0 Å². The fourth-order valence-corrected chi connectivity index (χ4v) is 2.72. The Bertz CT molecular complexity index is 298. The van der Waals surface area contributed by atoms with Gasteiger partial charge in [0.2, 0.25) is 5.91 Å². The van der Waals surface area contributed by atoms with E-state index in [1.165, 1.54) is 7.11 Å². The van der Waals surface area contributed by atoms with E-state index in [4.69, 9.17) is 4.74 Å². The zero-order valence-electron chi connectivity index (χ0n) is 12.5. The third-order valence-corrected chi connectivity index (χ3v) is 3.99. The molecular weight excluding hydrogens is 242 g/mol. The number of methoxy groups -OCH3 is 1. The Morgan fingerprint density at radius 2 is 1.95 bits per heavy atom. The second kappa shape index (κ2) is 8.18. The Morgan fingerprint density at radius 3 is 2.47 bits per heavy atom. The van der Waals surface area contributed by atoms with Gasteiger partial charge in [0.15, 0.2) is 0 Å². The molecule has 110 valence electrons. The second-order valence-electron chi connectivity index (χ2n) is 5.52. The molecule has 1 fully saturated rings. The van der Waals surface area contributed by atoms with Gasteiger partial charge in [0.1, 0.15) is 6.54 Å². The lowest BCUT2D eigenvalue weighted by Gasteiger charge is -2.30. The molecule has 1 unspecified atom stereocenters. The first kappa shape index (κ1) is 16.0. The molecule has 0 aromatic rings. The number of carbonyl (C=O) groups is 2. The maximum absolute atomic E-state index is 12.5. The highest BCUT2D eigenvalue weighted by atomic mass is 16.5. The standard InChI is InChI=1S/C15H27NO3/c1-4-5-8-12(2)15(18)16(11-14(17)19-3)13-9-6-7-10-13/h12-13H,4-11H2,1-3H3. The van der Waals surface area contributed by atoms with E-state index in [1.807, 2.05) is 6.92 Å². The molecule has 1 rings (SSSR count). The number of amides is 1. The molecule has 4 nitrogen and oxygen atoms in total. The molecule has 1 aliphatic carbocycles. The third-order valence-electron chi connectivity index (χ3n) is 3.99. The minimum absolute atomic E-state index is 0.00482. The highest BCUT2D eigenvalue weighted by Crippen LogP contribution is 2.25. The van der Waals surface area contributed by atoms with E-state index >= 15 is 0 Å². The average Bonchev–Trinajstić information content (AvgIpc) is 2.94. The normalized spacial score (nSPS) is 17.2. The van der Waals surface area contributed by atoms with Crippen molar-refractivity contribution in [2.75, 3.05) is 13.7 Å². The van der Waals surface area contributed by atoms with Gasteiger partial charge in [0.05, 0.1) is 7.11 Å². The summed E-state index contributed by atoms with van der Waals surface area (Å²) < 4.78 is 4.72. The van der Waals surface area contributed by atoms with Crippen molar-refractivity contribution in [3.63, 3.8) is 0 Å². The van der Waals surface area contributed by atoms with Crippen molar-refractivity contribution < 1.29 is 14.3 Å². The summed E-state index contributed by atoms with van der Waals surface area (Å²) in [6, 6.07) is 0.232.